The molecular weight excluding hydrogens is 289 g/mol. The first-order valence-electron chi connectivity index (χ1n) is 5.59. The van der Waals surface area contributed by atoms with E-state index in [-0.39, 0.29) is 12.5 Å². The third-order valence-electron chi connectivity index (χ3n) is 2.07. The van der Waals surface area contributed by atoms with E-state index in [0.29, 0.717) is 22.2 Å². The van der Waals surface area contributed by atoms with Crippen molar-refractivity contribution in [3.05, 3.63) is 39.9 Å². The Morgan fingerprint density at radius 1 is 1.32 bits per heavy atom. The Morgan fingerprint density at radius 3 is 2.68 bits per heavy atom. The summed E-state index contributed by atoms with van der Waals surface area (Å²) in [4.78, 5) is 22.4. The number of amides is 1. The molecule has 0 fully saturated rings. The summed E-state index contributed by atoms with van der Waals surface area (Å²) in [6, 6.07) is 4.96. The molecule has 0 heterocycles. The van der Waals surface area contributed by atoms with Crippen LogP contribution in [0.1, 0.15) is 12.5 Å². The van der Waals surface area contributed by atoms with Crippen LogP contribution in [0.5, 0.6) is 0 Å². The first-order chi connectivity index (χ1) is 9.02. The number of hydrogen-bond donors (Lipinski definition) is 1. The number of rotatable bonds is 5. The number of likely N-dealkylation sites (N-methyl/N-ethyl adjacent to an activating group) is 1. The quantitative estimate of drug-likeness (QED) is 0.672. The van der Waals surface area contributed by atoms with Gasteiger partial charge < -0.3 is 10.1 Å². The molecule has 1 N–H and O–H groups in total. The van der Waals surface area contributed by atoms with Gasteiger partial charge in [-0.05, 0) is 30.7 Å². The van der Waals surface area contributed by atoms with E-state index in [1.54, 1.807) is 25.1 Å². The number of esters is 1. The van der Waals surface area contributed by atoms with E-state index in [2.05, 4.69) is 5.32 Å². The summed E-state index contributed by atoms with van der Waals surface area (Å²) in [5, 5.41) is 3.36. The van der Waals surface area contributed by atoms with Crippen LogP contribution in [0.15, 0.2) is 24.3 Å². The average Bonchev–Trinajstić information content (AvgIpc) is 2.38. The molecule has 6 heteroatoms. The molecule has 19 heavy (non-hydrogen) atoms. The van der Waals surface area contributed by atoms with Gasteiger partial charge in [-0.3, -0.25) is 4.79 Å². The van der Waals surface area contributed by atoms with Crippen LogP contribution in [0.3, 0.4) is 0 Å². The maximum Gasteiger partial charge on any atom is 0.331 e. The largest absolute Gasteiger partial charge is 0.452 e. The SMILES string of the molecule is CCNC(=O)COC(=O)/C=C/c1ccc(Cl)c(Cl)c1. The lowest BCUT2D eigenvalue weighted by atomic mass is 10.2. The predicted molar refractivity (Wildman–Crippen MR) is 75.1 cm³/mol. The van der Waals surface area contributed by atoms with Gasteiger partial charge in [0, 0.05) is 12.6 Å². The Kier molecular flexibility index (Phi) is 6.39. The topological polar surface area (TPSA) is 55.4 Å². The van der Waals surface area contributed by atoms with E-state index in [9.17, 15) is 9.59 Å². The third kappa shape index (κ3) is 5.77. The van der Waals surface area contributed by atoms with E-state index in [1.165, 1.54) is 12.2 Å². The third-order valence-corrected chi connectivity index (χ3v) is 2.81. The van der Waals surface area contributed by atoms with E-state index in [1.807, 2.05) is 0 Å². The minimum atomic E-state index is -0.600. The fraction of sp³-hybridized carbons (Fsp3) is 0.231. The van der Waals surface area contributed by atoms with Gasteiger partial charge in [0.15, 0.2) is 6.61 Å². The molecular formula is C13H13Cl2NO3. The minimum absolute atomic E-state index is 0.293. The summed E-state index contributed by atoms with van der Waals surface area (Å²) in [6.07, 6.45) is 2.75. The second-order valence-electron chi connectivity index (χ2n) is 3.57. The van der Waals surface area contributed by atoms with Gasteiger partial charge in [-0.2, -0.15) is 0 Å². The fourth-order valence-electron chi connectivity index (χ4n) is 1.21. The molecule has 1 amide bonds. The molecule has 0 unspecified atom stereocenters. The summed E-state index contributed by atoms with van der Waals surface area (Å²) < 4.78 is 4.74. The van der Waals surface area contributed by atoms with Crippen molar-refractivity contribution < 1.29 is 14.3 Å². The van der Waals surface area contributed by atoms with E-state index >= 15 is 0 Å². The van der Waals surface area contributed by atoms with Gasteiger partial charge >= 0.3 is 5.97 Å². The van der Waals surface area contributed by atoms with Crippen LogP contribution in [-0.2, 0) is 14.3 Å². The van der Waals surface area contributed by atoms with Crippen LogP contribution in [0, 0.1) is 0 Å². The molecule has 0 saturated carbocycles. The fourth-order valence-corrected chi connectivity index (χ4v) is 1.52. The molecule has 4 nitrogen and oxygen atoms in total. The first-order valence-corrected chi connectivity index (χ1v) is 6.35. The van der Waals surface area contributed by atoms with Crippen molar-refractivity contribution in [1.82, 2.24) is 5.32 Å². The zero-order valence-electron chi connectivity index (χ0n) is 10.3. The van der Waals surface area contributed by atoms with Crippen molar-refractivity contribution in [1.29, 1.82) is 0 Å². The van der Waals surface area contributed by atoms with Gasteiger partial charge in [0.1, 0.15) is 0 Å². The number of carbonyl (C=O) groups excluding carboxylic acids is 2. The normalized spacial score (nSPS) is 10.5. The van der Waals surface area contributed by atoms with Crippen molar-refractivity contribution in [2.45, 2.75) is 6.92 Å². The maximum absolute atomic E-state index is 11.3. The highest BCUT2D eigenvalue weighted by Crippen LogP contribution is 2.23. The van der Waals surface area contributed by atoms with Crippen molar-refractivity contribution in [3.63, 3.8) is 0 Å². The number of ether oxygens (including phenoxy) is 1. The van der Waals surface area contributed by atoms with Gasteiger partial charge in [-0.15, -0.1) is 0 Å². The van der Waals surface area contributed by atoms with Gasteiger partial charge in [0.25, 0.3) is 5.91 Å². The number of nitrogens with one attached hydrogen (secondary N) is 1. The molecule has 1 aromatic rings. The number of carbonyl (C=O) groups is 2. The molecule has 0 saturated heterocycles. The van der Waals surface area contributed by atoms with Crippen molar-refractivity contribution in [3.8, 4) is 0 Å². The molecule has 102 valence electrons. The van der Waals surface area contributed by atoms with Crippen LogP contribution in [0.2, 0.25) is 10.0 Å². The minimum Gasteiger partial charge on any atom is -0.452 e. The van der Waals surface area contributed by atoms with Gasteiger partial charge in [-0.1, -0.05) is 29.3 Å². The second kappa shape index (κ2) is 7.81. The second-order valence-corrected chi connectivity index (χ2v) is 4.38. The highest BCUT2D eigenvalue weighted by molar-refractivity contribution is 6.42. The molecule has 0 aliphatic heterocycles. The van der Waals surface area contributed by atoms with E-state index in [0.717, 1.165) is 0 Å². The summed E-state index contributed by atoms with van der Waals surface area (Å²) in [5.41, 5.74) is 0.712. The Hall–Kier alpha value is -1.52. The summed E-state index contributed by atoms with van der Waals surface area (Å²) in [6.45, 7) is 1.98. The molecule has 1 rings (SSSR count). The lowest BCUT2D eigenvalue weighted by molar-refractivity contribution is -0.143. The van der Waals surface area contributed by atoms with Crippen LogP contribution in [0.25, 0.3) is 6.08 Å². The molecule has 0 bridgehead atoms. The molecule has 1 aromatic carbocycles. The standard InChI is InChI=1S/C13H13Cl2NO3/c1-2-16-12(17)8-19-13(18)6-4-9-3-5-10(14)11(15)7-9/h3-7H,2,8H2,1H3,(H,16,17)/b6-4+. The van der Waals surface area contributed by atoms with E-state index < -0.39 is 5.97 Å². The monoisotopic (exact) mass is 301 g/mol. The highest BCUT2D eigenvalue weighted by atomic mass is 35.5. The smallest absolute Gasteiger partial charge is 0.331 e. The Morgan fingerprint density at radius 2 is 2.05 bits per heavy atom. The maximum atomic E-state index is 11.3. The zero-order chi connectivity index (χ0) is 14.3. The lowest BCUT2D eigenvalue weighted by Gasteiger charge is -2.02. The zero-order valence-corrected chi connectivity index (χ0v) is 11.8. The number of halogens is 2. The summed E-state index contributed by atoms with van der Waals surface area (Å²) >= 11 is 11.6. The Bertz CT molecular complexity index is 501. The molecule has 0 aromatic heterocycles. The number of benzene rings is 1. The number of hydrogen-bond acceptors (Lipinski definition) is 3. The van der Waals surface area contributed by atoms with Crippen molar-refractivity contribution in [2.75, 3.05) is 13.2 Å². The summed E-state index contributed by atoms with van der Waals surface area (Å²) in [7, 11) is 0. The molecule has 0 atom stereocenters. The van der Waals surface area contributed by atoms with Gasteiger partial charge in [0.05, 0.1) is 10.0 Å². The molecule has 0 radical (unpaired) electrons. The van der Waals surface area contributed by atoms with Crippen molar-refractivity contribution >= 4 is 41.2 Å². The molecule has 0 aliphatic rings. The van der Waals surface area contributed by atoms with Crippen LogP contribution in [0.4, 0.5) is 0 Å². The Balaban J connectivity index is 2.49. The van der Waals surface area contributed by atoms with Gasteiger partial charge in [0.2, 0.25) is 0 Å². The summed E-state index contributed by atoms with van der Waals surface area (Å²) in [5.74, 6) is -0.934. The molecule has 0 aliphatic carbocycles. The van der Waals surface area contributed by atoms with E-state index in [4.69, 9.17) is 27.9 Å². The highest BCUT2D eigenvalue weighted by Gasteiger charge is 2.03. The lowest BCUT2D eigenvalue weighted by Crippen LogP contribution is -2.28. The van der Waals surface area contributed by atoms with Crippen LogP contribution < -0.4 is 5.32 Å². The van der Waals surface area contributed by atoms with Crippen molar-refractivity contribution in [2.24, 2.45) is 0 Å². The predicted octanol–water partition coefficient (Wildman–Crippen LogP) is 2.69. The van der Waals surface area contributed by atoms with Crippen LogP contribution >= 0.6 is 23.2 Å². The Labute approximate surface area is 121 Å². The average molecular weight is 302 g/mol. The van der Waals surface area contributed by atoms with Gasteiger partial charge in [-0.25, -0.2) is 4.79 Å². The van der Waals surface area contributed by atoms with Crippen LogP contribution in [-0.4, -0.2) is 25.0 Å². The first kappa shape index (κ1) is 15.5. The molecule has 0 spiro atoms.